The summed E-state index contributed by atoms with van der Waals surface area (Å²) in [4.78, 5) is 15.5. The Kier molecular flexibility index (Phi) is 6.42. The van der Waals surface area contributed by atoms with Crippen LogP contribution in [-0.4, -0.2) is 18.1 Å². The fourth-order valence-electron chi connectivity index (χ4n) is 2.87. The molecular weight excluding hydrogens is 298 g/mol. The lowest BCUT2D eigenvalue weighted by Crippen LogP contribution is -2.04. The zero-order valence-electron chi connectivity index (χ0n) is 15.1. The zero-order chi connectivity index (χ0) is 17.5. The van der Waals surface area contributed by atoms with Crippen LogP contribution in [0.4, 0.5) is 0 Å². The second kappa shape index (κ2) is 8.53. The van der Waals surface area contributed by atoms with Crippen LogP contribution < -0.4 is 0 Å². The first-order chi connectivity index (χ1) is 11.5. The fourth-order valence-corrected chi connectivity index (χ4v) is 2.87. The second-order valence-corrected chi connectivity index (χ2v) is 6.43. The van der Waals surface area contributed by atoms with Gasteiger partial charge in [-0.3, -0.25) is 0 Å². The molecule has 24 heavy (non-hydrogen) atoms. The van der Waals surface area contributed by atoms with E-state index in [-0.39, 0.29) is 5.97 Å². The van der Waals surface area contributed by atoms with Gasteiger partial charge in [0, 0.05) is 16.6 Å². The number of para-hydroxylation sites is 1. The summed E-state index contributed by atoms with van der Waals surface area (Å²) in [5.74, 6) is -0.272. The number of ether oxygens (including phenoxy) is 1. The first-order valence-electron chi connectivity index (χ1n) is 8.49. The van der Waals surface area contributed by atoms with E-state index in [4.69, 9.17) is 4.74 Å². The van der Waals surface area contributed by atoms with Gasteiger partial charge in [0.2, 0.25) is 0 Å². The minimum Gasteiger partial charge on any atom is -0.465 e. The van der Waals surface area contributed by atoms with Crippen molar-refractivity contribution in [3.05, 3.63) is 58.8 Å². The molecule has 0 saturated heterocycles. The molecule has 128 valence electrons. The van der Waals surface area contributed by atoms with Crippen molar-refractivity contribution in [1.29, 1.82) is 0 Å². The summed E-state index contributed by atoms with van der Waals surface area (Å²) >= 11 is 0. The molecule has 0 saturated carbocycles. The van der Waals surface area contributed by atoms with Crippen LogP contribution in [0.5, 0.6) is 0 Å². The van der Waals surface area contributed by atoms with Crippen molar-refractivity contribution in [2.75, 3.05) is 7.11 Å². The number of aromatic nitrogens is 1. The molecule has 1 aromatic carbocycles. The van der Waals surface area contributed by atoms with Crippen molar-refractivity contribution in [3.8, 4) is 0 Å². The monoisotopic (exact) mass is 325 g/mol. The molecule has 1 aromatic heterocycles. The number of aryl methyl sites for hydroxylation is 1. The van der Waals surface area contributed by atoms with Gasteiger partial charge in [0.1, 0.15) is 0 Å². The topological polar surface area (TPSA) is 42.1 Å². The number of benzene rings is 1. The van der Waals surface area contributed by atoms with E-state index in [1.165, 1.54) is 18.3 Å². The molecule has 0 aliphatic carbocycles. The van der Waals surface area contributed by atoms with Crippen LogP contribution in [0.3, 0.4) is 0 Å². The van der Waals surface area contributed by atoms with Gasteiger partial charge in [-0.15, -0.1) is 0 Å². The molecule has 1 N–H and O–H groups in total. The summed E-state index contributed by atoms with van der Waals surface area (Å²) in [5, 5.41) is 0.934. The van der Waals surface area contributed by atoms with Crippen molar-refractivity contribution in [1.82, 2.24) is 4.98 Å². The summed E-state index contributed by atoms with van der Waals surface area (Å²) in [6.45, 7) is 6.43. The molecule has 1 heterocycles. The van der Waals surface area contributed by atoms with Gasteiger partial charge < -0.3 is 9.72 Å². The molecule has 0 atom stereocenters. The van der Waals surface area contributed by atoms with Crippen LogP contribution >= 0.6 is 0 Å². The highest BCUT2D eigenvalue weighted by Crippen LogP contribution is 2.24. The maximum Gasteiger partial charge on any atom is 0.340 e. The molecule has 3 heteroatoms. The summed E-state index contributed by atoms with van der Waals surface area (Å²) in [7, 11) is 1.43. The molecule has 0 radical (unpaired) electrons. The molecule has 0 unspecified atom stereocenters. The van der Waals surface area contributed by atoms with Crippen LogP contribution in [0.25, 0.3) is 10.9 Å². The first kappa shape index (κ1) is 18.1. The highest BCUT2D eigenvalue weighted by Gasteiger charge is 2.18. The van der Waals surface area contributed by atoms with E-state index in [0.717, 1.165) is 42.3 Å². The SMILES string of the molecule is COC(=O)c1c(CCC=C(C)CCC=C(C)C)[nH]c2ccccc12. The smallest absolute Gasteiger partial charge is 0.340 e. The number of H-pyrrole nitrogens is 1. The van der Waals surface area contributed by atoms with E-state index >= 15 is 0 Å². The molecule has 2 rings (SSSR count). The number of fused-ring (bicyclic) bond motifs is 1. The number of hydrogen-bond donors (Lipinski definition) is 1. The number of esters is 1. The summed E-state index contributed by atoms with van der Waals surface area (Å²) in [5.41, 5.74) is 5.36. The number of hydrogen-bond acceptors (Lipinski definition) is 2. The Balaban J connectivity index is 2.09. The van der Waals surface area contributed by atoms with E-state index in [1.54, 1.807) is 0 Å². The van der Waals surface area contributed by atoms with Gasteiger partial charge in [-0.1, -0.05) is 41.5 Å². The minimum atomic E-state index is -0.272. The van der Waals surface area contributed by atoms with E-state index in [9.17, 15) is 4.79 Å². The number of aromatic amines is 1. The lowest BCUT2D eigenvalue weighted by atomic mass is 10.1. The fraction of sp³-hybridized carbons (Fsp3) is 0.381. The Hall–Kier alpha value is -2.29. The zero-order valence-corrected chi connectivity index (χ0v) is 15.1. The molecular formula is C21H27NO2. The maximum atomic E-state index is 12.1. The Morgan fingerprint density at radius 1 is 1.12 bits per heavy atom. The van der Waals surface area contributed by atoms with Crippen molar-refractivity contribution >= 4 is 16.9 Å². The van der Waals surface area contributed by atoms with Gasteiger partial charge in [-0.2, -0.15) is 0 Å². The number of nitrogens with one attached hydrogen (secondary N) is 1. The molecule has 0 amide bonds. The van der Waals surface area contributed by atoms with Crippen LogP contribution in [0.15, 0.2) is 47.6 Å². The summed E-state index contributed by atoms with van der Waals surface area (Å²) < 4.78 is 4.97. The normalized spacial score (nSPS) is 11.6. The standard InChI is InChI=1S/C21H27NO2/c1-15(2)9-7-10-16(3)11-8-14-19-20(21(23)24-4)17-12-5-6-13-18(17)22-19/h5-6,9,11-13,22H,7-8,10,14H2,1-4H3. The van der Waals surface area contributed by atoms with Crippen molar-refractivity contribution in [2.45, 2.75) is 46.5 Å². The number of carbonyl (C=O) groups excluding carboxylic acids is 1. The molecule has 3 nitrogen and oxygen atoms in total. The number of allylic oxidation sites excluding steroid dienone is 4. The van der Waals surface area contributed by atoms with Crippen molar-refractivity contribution in [3.63, 3.8) is 0 Å². The lowest BCUT2D eigenvalue weighted by Gasteiger charge is -2.03. The summed E-state index contributed by atoms with van der Waals surface area (Å²) in [6.07, 6.45) is 8.43. The van der Waals surface area contributed by atoms with Crippen LogP contribution in [0.1, 0.15) is 56.1 Å². The predicted octanol–water partition coefficient (Wildman–Crippen LogP) is 5.58. The number of rotatable bonds is 7. The van der Waals surface area contributed by atoms with Gasteiger partial charge in [-0.05, 0) is 52.5 Å². The molecule has 0 aliphatic heterocycles. The largest absolute Gasteiger partial charge is 0.465 e. The van der Waals surface area contributed by atoms with Gasteiger partial charge >= 0.3 is 5.97 Å². The van der Waals surface area contributed by atoms with Crippen molar-refractivity contribution in [2.24, 2.45) is 0 Å². The van der Waals surface area contributed by atoms with E-state index in [0.29, 0.717) is 5.56 Å². The lowest BCUT2D eigenvalue weighted by molar-refractivity contribution is 0.0602. The highest BCUT2D eigenvalue weighted by molar-refractivity contribution is 6.05. The summed E-state index contributed by atoms with van der Waals surface area (Å²) in [6, 6.07) is 7.87. The Morgan fingerprint density at radius 2 is 1.88 bits per heavy atom. The minimum absolute atomic E-state index is 0.272. The van der Waals surface area contributed by atoms with Crippen molar-refractivity contribution < 1.29 is 9.53 Å². The average Bonchev–Trinajstić information content (AvgIpc) is 2.92. The van der Waals surface area contributed by atoms with E-state index in [1.807, 2.05) is 24.3 Å². The third kappa shape index (κ3) is 4.60. The van der Waals surface area contributed by atoms with E-state index < -0.39 is 0 Å². The molecule has 0 spiro atoms. The van der Waals surface area contributed by atoms with Crippen LogP contribution in [0.2, 0.25) is 0 Å². The quantitative estimate of drug-likeness (QED) is 0.533. The van der Waals surface area contributed by atoms with Gasteiger partial charge in [0.25, 0.3) is 0 Å². The van der Waals surface area contributed by atoms with Crippen LogP contribution in [-0.2, 0) is 11.2 Å². The third-order valence-corrected chi connectivity index (χ3v) is 4.15. The number of methoxy groups -OCH3 is 1. The second-order valence-electron chi connectivity index (χ2n) is 6.43. The molecule has 0 aliphatic rings. The maximum absolute atomic E-state index is 12.1. The molecule has 0 fully saturated rings. The average molecular weight is 325 g/mol. The third-order valence-electron chi connectivity index (χ3n) is 4.15. The number of carbonyl (C=O) groups is 1. The molecule has 0 bridgehead atoms. The van der Waals surface area contributed by atoms with Crippen LogP contribution in [0, 0.1) is 0 Å². The first-order valence-corrected chi connectivity index (χ1v) is 8.49. The Morgan fingerprint density at radius 3 is 2.58 bits per heavy atom. The Labute approximate surface area is 144 Å². The van der Waals surface area contributed by atoms with E-state index in [2.05, 4.69) is 37.9 Å². The van der Waals surface area contributed by atoms with Gasteiger partial charge in [0.05, 0.1) is 12.7 Å². The van der Waals surface area contributed by atoms with Gasteiger partial charge in [-0.25, -0.2) is 4.79 Å². The highest BCUT2D eigenvalue weighted by atomic mass is 16.5. The predicted molar refractivity (Wildman–Crippen MR) is 100 cm³/mol. The Bertz CT molecular complexity index is 761. The molecule has 2 aromatic rings. The van der Waals surface area contributed by atoms with Gasteiger partial charge in [0.15, 0.2) is 0 Å².